The van der Waals surface area contributed by atoms with Gasteiger partial charge in [0.05, 0.1) is 29.9 Å². The maximum absolute atomic E-state index is 13.1. The summed E-state index contributed by atoms with van der Waals surface area (Å²) in [4.78, 5) is 35.5. The van der Waals surface area contributed by atoms with E-state index in [1.165, 1.54) is 7.11 Å². The molecular formula is C18H24N4O3S. The second-order valence-corrected chi connectivity index (χ2v) is 7.65. The van der Waals surface area contributed by atoms with E-state index < -0.39 is 12.1 Å². The lowest BCUT2D eigenvalue weighted by Crippen LogP contribution is -2.51. The van der Waals surface area contributed by atoms with E-state index in [0.717, 1.165) is 29.2 Å². The number of carbonyl (C=O) groups is 2. The molecule has 2 aromatic rings. The maximum Gasteiger partial charge on any atom is 0.407 e. The Balaban J connectivity index is 1.78. The number of nitrogens with one attached hydrogen (secondary N) is 2. The zero-order chi connectivity index (χ0) is 18.7. The van der Waals surface area contributed by atoms with E-state index >= 15 is 0 Å². The van der Waals surface area contributed by atoms with E-state index in [4.69, 9.17) is 0 Å². The fraction of sp³-hybridized carbons (Fsp3) is 0.500. The molecule has 1 aliphatic heterocycles. The smallest absolute Gasteiger partial charge is 0.407 e. The first-order valence-corrected chi connectivity index (χ1v) is 9.63. The van der Waals surface area contributed by atoms with E-state index in [1.807, 2.05) is 42.5 Å². The van der Waals surface area contributed by atoms with Crippen molar-refractivity contribution in [1.29, 1.82) is 0 Å². The molecule has 3 rings (SSSR count). The fourth-order valence-electron chi connectivity index (χ4n) is 3.26. The molecule has 2 unspecified atom stereocenters. The molecule has 7 nitrogen and oxygen atoms in total. The van der Waals surface area contributed by atoms with Gasteiger partial charge in [0, 0.05) is 6.54 Å². The molecule has 3 heterocycles. The molecule has 0 radical (unpaired) electrons. The number of alkyl carbamates (subject to hydrolysis) is 1. The maximum atomic E-state index is 13.1. The van der Waals surface area contributed by atoms with Crippen LogP contribution in [0.15, 0.2) is 23.7 Å². The van der Waals surface area contributed by atoms with Crippen LogP contribution < -0.4 is 5.32 Å². The molecule has 26 heavy (non-hydrogen) atoms. The number of amides is 2. The summed E-state index contributed by atoms with van der Waals surface area (Å²) in [6, 6.07) is 3.32. The molecule has 1 aliphatic rings. The molecule has 2 atom stereocenters. The number of likely N-dealkylation sites (tertiary alicyclic amines) is 1. The average molecular weight is 376 g/mol. The van der Waals surface area contributed by atoms with Crippen molar-refractivity contribution >= 4 is 23.3 Å². The van der Waals surface area contributed by atoms with E-state index in [2.05, 4.69) is 20.0 Å². The van der Waals surface area contributed by atoms with Crippen LogP contribution in [0.5, 0.6) is 0 Å². The van der Waals surface area contributed by atoms with Gasteiger partial charge in [-0.25, -0.2) is 9.78 Å². The average Bonchev–Trinajstić information content (AvgIpc) is 3.38. The lowest BCUT2D eigenvalue weighted by molar-refractivity contribution is -0.135. The molecule has 8 heteroatoms. The van der Waals surface area contributed by atoms with Crippen molar-refractivity contribution in [2.24, 2.45) is 5.92 Å². The van der Waals surface area contributed by atoms with Gasteiger partial charge in [-0.05, 0) is 30.2 Å². The molecule has 1 saturated heterocycles. The normalized spacial score (nSPS) is 18.2. The van der Waals surface area contributed by atoms with Gasteiger partial charge in [-0.2, -0.15) is 0 Å². The molecule has 0 aliphatic carbocycles. The summed E-state index contributed by atoms with van der Waals surface area (Å²) in [5, 5.41) is 4.68. The first-order chi connectivity index (χ1) is 12.5. The number of hydrogen-bond acceptors (Lipinski definition) is 5. The fourth-order valence-corrected chi connectivity index (χ4v) is 3.95. The van der Waals surface area contributed by atoms with Crippen LogP contribution in [0.25, 0.3) is 10.6 Å². The quantitative estimate of drug-likeness (QED) is 0.839. The van der Waals surface area contributed by atoms with Gasteiger partial charge >= 0.3 is 6.09 Å². The standard InChI is InChI=1S/C18H24N4O3S/c1-11(2)15(21-18(24)25-3)17(23)22-8-4-6-13(22)16-19-10-12(20-16)14-7-5-9-26-14/h5,7,9-11,13,15H,4,6,8H2,1-3H3,(H,19,20)(H,21,24). The van der Waals surface area contributed by atoms with Crippen molar-refractivity contribution in [3.8, 4) is 10.6 Å². The predicted molar refractivity (Wildman–Crippen MR) is 99.8 cm³/mol. The lowest BCUT2D eigenvalue weighted by atomic mass is 10.0. The molecule has 0 saturated carbocycles. The highest BCUT2D eigenvalue weighted by Gasteiger charge is 2.37. The van der Waals surface area contributed by atoms with Gasteiger partial charge in [0.15, 0.2) is 0 Å². The minimum Gasteiger partial charge on any atom is -0.453 e. The van der Waals surface area contributed by atoms with E-state index in [1.54, 1.807) is 11.3 Å². The van der Waals surface area contributed by atoms with Crippen LogP contribution in [0.3, 0.4) is 0 Å². The topological polar surface area (TPSA) is 87.3 Å². The van der Waals surface area contributed by atoms with Gasteiger partial charge < -0.3 is 19.9 Å². The summed E-state index contributed by atoms with van der Waals surface area (Å²) in [6.45, 7) is 4.47. The van der Waals surface area contributed by atoms with Crippen LogP contribution in [0, 0.1) is 5.92 Å². The zero-order valence-electron chi connectivity index (χ0n) is 15.2. The Morgan fingerprint density at radius 1 is 1.46 bits per heavy atom. The van der Waals surface area contributed by atoms with Crippen LogP contribution >= 0.6 is 11.3 Å². The summed E-state index contributed by atoms with van der Waals surface area (Å²) in [5.41, 5.74) is 0.961. The van der Waals surface area contributed by atoms with Gasteiger partial charge in [-0.3, -0.25) is 4.79 Å². The molecule has 2 N–H and O–H groups in total. The highest BCUT2D eigenvalue weighted by molar-refractivity contribution is 7.13. The minimum absolute atomic E-state index is 0.0406. The number of imidazole rings is 1. The molecule has 2 aromatic heterocycles. The molecule has 140 valence electrons. The third kappa shape index (κ3) is 3.75. The van der Waals surface area contributed by atoms with Crippen molar-refractivity contribution in [1.82, 2.24) is 20.2 Å². The second-order valence-electron chi connectivity index (χ2n) is 6.71. The number of ether oxygens (including phenoxy) is 1. The van der Waals surface area contributed by atoms with Gasteiger partial charge in [0.1, 0.15) is 11.9 Å². The van der Waals surface area contributed by atoms with E-state index in [-0.39, 0.29) is 17.9 Å². The van der Waals surface area contributed by atoms with Crippen LogP contribution in [-0.4, -0.2) is 46.6 Å². The van der Waals surface area contributed by atoms with Crippen LogP contribution in [0.1, 0.15) is 38.6 Å². The molecule has 0 aromatic carbocycles. The Bertz CT molecular complexity index is 756. The Kier molecular flexibility index (Phi) is 5.61. The summed E-state index contributed by atoms with van der Waals surface area (Å²) in [5.74, 6) is 0.655. The number of aromatic nitrogens is 2. The third-order valence-electron chi connectivity index (χ3n) is 4.63. The van der Waals surface area contributed by atoms with Crippen molar-refractivity contribution in [2.75, 3.05) is 13.7 Å². The molecule has 2 amide bonds. The predicted octanol–water partition coefficient (Wildman–Crippen LogP) is 3.18. The van der Waals surface area contributed by atoms with Crippen LogP contribution in [0.2, 0.25) is 0 Å². The Labute approximate surface area is 156 Å². The van der Waals surface area contributed by atoms with Gasteiger partial charge in [-0.1, -0.05) is 19.9 Å². The summed E-state index contributed by atoms with van der Waals surface area (Å²) < 4.78 is 4.66. The highest BCUT2D eigenvalue weighted by atomic mass is 32.1. The third-order valence-corrected chi connectivity index (χ3v) is 5.53. The number of hydrogen-bond donors (Lipinski definition) is 2. The van der Waals surface area contributed by atoms with Crippen molar-refractivity contribution in [3.05, 3.63) is 29.5 Å². The number of nitrogens with zero attached hydrogens (tertiary/aromatic N) is 2. The summed E-state index contributed by atoms with van der Waals surface area (Å²) >= 11 is 1.64. The molecule has 0 bridgehead atoms. The van der Waals surface area contributed by atoms with Crippen molar-refractivity contribution < 1.29 is 14.3 Å². The number of methoxy groups -OCH3 is 1. The lowest BCUT2D eigenvalue weighted by Gasteiger charge is -2.30. The number of thiophene rings is 1. The SMILES string of the molecule is COC(=O)NC(C(=O)N1CCCC1c1ncc(-c2cccs2)[nH]1)C(C)C. The number of rotatable bonds is 5. The highest BCUT2D eigenvalue weighted by Crippen LogP contribution is 2.33. The van der Waals surface area contributed by atoms with Gasteiger partial charge in [0.2, 0.25) is 5.91 Å². The monoisotopic (exact) mass is 376 g/mol. The minimum atomic E-state index is -0.616. The largest absolute Gasteiger partial charge is 0.453 e. The van der Waals surface area contributed by atoms with Crippen molar-refractivity contribution in [2.45, 2.75) is 38.8 Å². The van der Waals surface area contributed by atoms with Crippen LogP contribution in [0.4, 0.5) is 4.79 Å². The number of H-pyrrole nitrogens is 1. The Morgan fingerprint density at radius 3 is 2.92 bits per heavy atom. The van der Waals surface area contributed by atoms with E-state index in [0.29, 0.717) is 6.54 Å². The molecule has 0 spiro atoms. The van der Waals surface area contributed by atoms with Gasteiger partial charge in [-0.15, -0.1) is 11.3 Å². The van der Waals surface area contributed by atoms with Crippen molar-refractivity contribution in [3.63, 3.8) is 0 Å². The van der Waals surface area contributed by atoms with E-state index in [9.17, 15) is 9.59 Å². The van der Waals surface area contributed by atoms with Gasteiger partial charge in [0.25, 0.3) is 0 Å². The second kappa shape index (κ2) is 7.90. The first-order valence-electron chi connectivity index (χ1n) is 8.75. The first kappa shape index (κ1) is 18.4. The Morgan fingerprint density at radius 2 is 2.27 bits per heavy atom. The molecule has 1 fully saturated rings. The molecular weight excluding hydrogens is 352 g/mol. The van der Waals surface area contributed by atoms with Crippen LogP contribution in [-0.2, 0) is 9.53 Å². The zero-order valence-corrected chi connectivity index (χ0v) is 16.0. The summed E-state index contributed by atoms with van der Waals surface area (Å²) in [6.07, 6.45) is 2.99. The number of aromatic amines is 1. The Hall–Kier alpha value is -2.35. The summed E-state index contributed by atoms with van der Waals surface area (Å²) in [7, 11) is 1.30. The number of carbonyl (C=O) groups excluding carboxylic acids is 2.